The molecule has 2 aromatic carbocycles. The number of aliphatic hydroxyl groups excluding tert-OH is 1. The molecule has 1 N–H and O–H groups in total. The minimum absolute atomic E-state index is 0.00213. The Labute approximate surface area is 254 Å². The third-order valence-corrected chi connectivity index (χ3v) is 16.1. The summed E-state index contributed by atoms with van der Waals surface area (Å²) < 4.78 is 61.3. The number of ether oxygens (including phenoxy) is 4. The Balaban J connectivity index is 1.59. The molecule has 43 heavy (non-hydrogen) atoms. The number of carbonyl (C=O) groups is 1. The third kappa shape index (κ3) is 4.86. The lowest BCUT2D eigenvalue weighted by Gasteiger charge is -2.55. The summed E-state index contributed by atoms with van der Waals surface area (Å²) in [6.45, 7) is 16.0. The number of aliphatic hydroxyl groups is 1. The fraction of sp³-hybridized carbons (Fsp3) is 0.581. The van der Waals surface area contributed by atoms with Gasteiger partial charge in [0.15, 0.2) is 25.6 Å². The molecule has 1 unspecified atom stereocenters. The lowest BCUT2D eigenvalue weighted by molar-refractivity contribution is -0.156. The number of aldehydes is 1. The molecule has 3 aliphatic heterocycles. The van der Waals surface area contributed by atoms with E-state index in [1.807, 2.05) is 6.92 Å². The van der Waals surface area contributed by atoms with Gasteiger partial charge in [-0.2, -0.15) is 4.31 Å². The van der Waals surface area contributed by atoms with Crippen molar-refractivity contribution in [3.8, 4) is 11.5 Å². The number of hydrogen-bond acceptors (Lipinski definition) is 9. The van der Waals surface area contributed by atoms with Gasteiger partial charge in [0.1, 0.15) is 24.7 Å². The minimum Gasteiger partial charge on any atom is -0.454 e. The van der Waals surface area contributed by atoms with Crippen molar-refractivity contribution in [3.63, 3.8) is 0 Å². The molecule has 1 aliphatic carbocycles. The van der Waals surface area contributed by atoms with E-state index < -0.39 is 66.5 Å². The topological polar surface area (TPSA) is 121 Å². The molecule has 2 aromatic rings. The van der Waals surface area contributed by atoms with Crippen molar-refractivity contribution in [1.29, 1.82) is 0 Å². The minimum atomic E-state index is -4.31. The van der Waals surface area contributed by atoms with Crippen LogP contribution < -0.4 is 9.47 Å². The van der Waals surface area contributed by atoms with Gasteiger partial charge >= 0.3 is 0 Å². The molecule has 2 fully saturated rings. The summed E-state index contributed by atoms with van der Waals surface area (Å²) in [7, 11) is -6.78. The quantitative estimate of drug-likeness (QED) is 0.373. The number of sulfonamides is 1. The van der Waals surface area contributed by atoms with E-state index in [4.69, 9.17) is 23.4 Å². The number of nitrogens with zero attached hydrogens (tertiary/aromatic N) is 1. The molecule has 0 amide bonds. The normalized spacial score (nSPS) is 31.7. The summed E-state index contributed by atoms with van der Waals surface area (Å²) in [5.41, 5.74) is 1.83. The van der Waals surface area contributed by atoms with Crippen molar-refractivity contribution < 1.29 is 41.7 Å². The average molecular weight is 632 g/mol. The van der Waals surface area contributed by atoms with Gasteiger partial charge in [0.05, 0.1) is 23.0 Å². The maximum atomic E-state index is 14.5. The van der Waals surface area contributed by atoms with E-state index >= 15 is 0 Å². The van der Waals surface area contributed by atoms with Crippen LogP contribution in [0.2, 0.25) is 18.1 Å². The van der Waals surface area contributed by atoms with E-state index in [0.717, 1.165) is 16.2 Å². The van der Waals surface area contributed by atoms with E-state index in [9.17, 15) is 18.3 Å². The van der Waals surface area contributed by atoms with Gasteiger partial charge in [-0.05, 0) is 68.7 Å². The molecule has 0 bridgehead atoms. The molecule has 10 nitrogen and oxygen atoms in total. The van der Waals surface area contributed by atoms with Gasteiger partial charge in [-0.25, -0.2) is 8.42 Å². The maximum absolute atomic E-state index is 14.5. The lowest BCUT2D eigenvalue weighted by atomic mass is 9.66. The second-order valence-corrected chi connectivity index (χ2v) is 20.6. The predicted octanol–water partition coefficient (Wildman–Crippen LogP) is 4.61. The third-order valence-electron chi connectivity index (χ3n) is 9.73. The second-order valence-electron chi connectivity index (χ2n) is 14.0. The first-order valence-corrected chi connectivity index (χ1v) is 19.0. The highest BCUT2D eigenvalue weighted by molar-refractivity contribution is 7.89. The van der Waals surface area contributed by atoms with Crippen LogP contribution in [-0.4, -0.2) is 69.4 Å². The Morgan fingerprint density at radius 3 is 2.19 bits per heavy atom. The zero-order valence-electron chi connectivity index (χ0n) is 25.9. The largest absolute Gasteiger partial charge is 0.454 e. The summed E-state index contributed by atoms with van der Waals surface area (Å²) in [5.74, 6) is -1.78. The van der Waals surface area contributed by atoms with Crippen LogP contribution in [0.4, 0.5) is 0 Å². The van der Waals surface area contributed by atoms with Gasteiger partial charge in [0.2, 0.25) is 16.8 Å². The zero-order chi connectivity index (χ0) is 31.3. The Morgan fingerprint density at radius 1 is 1.02 bits per heavy atom. The maximum Gasteiger partial charge on any atom is 0.245 e. The van der Waals surface area contributed by atoms with Crippen LogP contribution in [0.5, 0.6) is 11.5 Å². The van der Waals surface area contributed by atoms with Crippen molar-refractivity contribution in [2.24, 2.45) is 5.92 Å². The first-order chi connectivity index (χ1) is 20.0. The standard InChI is InChI=1S/C31H41NO9SSi/c1-17-9-11-18(12-10-17)42(35,36)32-25-24(19-13-22-23(38-16-37-22)14-20(19)29(32)34)21(15-33)26(41-43(7,8)30(2,3)4)28-27(25)39-31(5,6)40-28/h9-15,21,24-29,34H,16H2,1-8H3/t21-,24+,25-,26+,27+,28-,29?/m1/s1. The summed E-state index contributed by atoms with van der Waals surface area (Å²) >= 11 is 0. The highest BCUT2D eigenvalue weighted by Crippen LogP contribution is 2.57. The SMILES string of the molecule is Cc1ccc(S(=O)(=O)N2C(O)c3cc4c(cc3[C@H]3[C@@H](C=O)[C@H](O[Si](C)(C)C(C)(C)C)[C@H]5OC(C)(C)O[C@H]5[C@@H]32)OCO4)cc1. The molecule has 0 radical (unpaired) electrons. The van der Waals surface area contributed by atoms with Gasteiger partial charge in [0.25, 0.3) is 0 Å². The molecule has 234 valence electrons. The van der Waals surface area contributed by atoms with Crippen molar-refractivity contribution in [2.45, 2.75) is 107 Å². The molecule has 0 spiro atoms. The number of fused-ring (bicyclic) bond motifs is 6. The first kappa shape index (κ1) is 30.7. The molecule has 0 aromatic heterocycles. The van der Waals surface area contributed by atoms with Gasteiger partial charge in [-0.15, -0.1) is 0 Å². The Hall–Kier alpha value is -2.32. The summed E-state index contributed by atoms with van der Waals surface area (Å²) in [5, 5.41) is 11.8. The Bertz CT molecular complexity index is 1540. The van der Waals surface area contributed by atoms with Crippen molar-refractivity contribution >= 4 is 24.6 Å². The van der Waals surface area contributed by atoms with Crippen LogP contribution in [0.3, 0.4) is 0 Å². The van der Waals surface area contributed by atoms with Crippen molar-refractivity contribution in [1.82, 2.24) is 4.31 Å². The van der Waals surface area contributed by atoms with E-state index in [-0.39, 0.29) is 16.7 Å². The number of aryl methyl sites for hydroxylation is 1. The number of benzene rings is 2. The monoisotopic (exact) mass is 631 g/mol. The predicted molar refractivity (Wildman–Crippen MR) is 160 cm³/mol. The zero-order valence-corrected chi connectivity index (χ0v) is 27.7. The van der Waals surface area contributed by atoms with E-state index in [0.29, 0.717) is 22.6 Å². The van der Waals surface area contributed by atoms with E-state index in [1.54, 1.807) is 38.1 Å². The molecular weight excluding hydrogens is 590 g/mol. The van der Waals surface area contributed by atoms with Crippen LogP contribution in [0.25, 0.3) is 0 Å². The van der Waals surface area contributed by atoms with Gasteiger partial charge in [0, 0.05) is 11.5 Å². The average Bonchev–Trinajstić information content (AvgIpc) is 3.50. The van der Waals surface area contributed by atoms with E-state index in [1.165, 1.54) is 12.1 Å². The number of carbonyl (C=O) groups excluding carboxylic acids is 1. The van der Waals surface area contributed by atoms with Crippen LogP contribution >= 0.6 is 0 Å². The Morgan fingerprint density at radius 2 is 1.60 bits per heavy atom. The molecule has 1 saturated carbocycles. The highest BCUT2D eigenvalue weighted by Gasteiger charge is 2.65. The summed E-state index contributed by atoms with van der Waals surface area (Å²) in [4.78, 5) is 13.3. The summed E-state index contributed by atoms with van der Waals surface area (Å²) in [6, 6.07) is 8.86. The molecule has 1 saturated heterocycles. The lowest BCUT2D eigenvalue weighted by Crippen LogP contribution is -2.67. The van der Waals surface area contributed by atoms with Gasteiger partial charge in [-0.3, -0.25) is 0 Å². The molecule has 7 atom stereocenters. The fourth-order valence-corrected chi connectivity index (χ4v) is 9.62. The Kier molecular flexibility index (Phi) is 7.21. The fourth-order valence-electron chi connectivity index (χ4n) is 6.62. The molecule has 3 heterocycles. The number of rotatable bonds is 5. The van der Waals surface area contributed by atoms with Crippen LogP contribution in [-0.2, 0) is 28.7 Å². The molecule has 4 aliphatic rings. The van der Waals surface area contributed by atoms with E-state index in [2.05, 4.69) is 33.9 Å². The molecular formula is C31H41NO9SSi. The summed E-state index contributed by atoms with van der Waals surface area (Å²) in [6.07, 6.45) is -3.07. The smallest absolute Gasteiger partial charge is 0.245 e. The molecule has 12 heteroatoms. The van der Waals surface area contributed by atoms with Crippen molar-refractivity contribution in [3.05, 3.63) is 53.1 Å². The van der Waals surface area contributed by atoms with Crippen LogP contribution in [0.1, 0.15) is 63.5 Å². The van der Waals surface area contributed by atoms with Gasteiger partial charge < -0.3 is 33.3 Å². The molecule has 6 rings (SSSR count). The second kappa shape index (κ2) is 10.1. The number of hydrogen-bond donors (Lipinski definition) is 1. The van der Waals surface area contributed by atoms with Crippen molar-refractivity contribution in [2.75, 3.05) is 6.79 Å². The first-order valence-electron chi connectivity index (χ1n) is 14.7. The van der Waals surface area contributed by atoms with Crippen LogP contribution in [0, 0.1) is 12.8 Å². The highest BCUT2D eigenvalue weighted by atomic mass is 32.2. The van der Waals surface area contributed by atoms with Crippen LogP contribution in [0.15, 0.2) is 41.3 Å². The van der Waals surface area contributed by atoms with Gasteiger partial charge in [-0.1, -0.05) is 38.5 Å².